The van der Waals surface area contributed by atoms with Gasteiger partial charge in [0, 0.05) is 29.7 Å². The minimum absolute atomic E-state index is 0.163. The number of rotatable bonds is 2. The lowest BCUT2D eigenvalue weighted by atomic mass is 10.1. The van der Waals surface area contributed by atoms with Crippen molar-refractivity contribution in [2.75, 3.05) is 24.5 Å². The summed E-state index contributed by atoms with van der Waals surface area (Å²) >= 11 is 4.80. The van der Waals surface area contributed by atoms with E-state index >= 15 is 0 Å². The number of carbonyl (C=O) groups excluding carboxylic acids is 2. The van der Waals surface area contributed by atoms with E-state index in [1.54, 1.807) is 11.0 Å². The molecule has 0 radical (unpaired) electrons. The van der Waals surface area contributed by atoms with Gasteiger partial charge in [-0.15, -0.1) is 6.58 Å². The van der Waals surface area contributed by atoms with Crippen LogP contribution in [0.5, 0.6) is 0 Å². The van der Waals surface area contributed by atoms with Crippen molar-refractivity contribution in [1.82, 2.24) is 4.90 Å². The van der Waals surface area contributed by atoms with E-state index in [1.807, 2.05) is 18.2 Å². The van der Waals surface area contributed by atoms with Gasteiger partial charge in [-0.05, 0) is 49.2 Å². The van der Waals surface area contributed by atoms with Crippen molar-refractivity contribution in [2.24, 2.45) is 4.99 Å². The Morgan fingerprint density at radius 3 is 2.73 bits per heavy atom. The Balaban J connectivity index is 1.75. The first-order chi connectivity index (χ1) is 12.6. The van der Waals surface area contributed by atoms with Gasteiger partial charge in [-0.3, -0.25) is 9.59 Å². The van der Waals surface area contributed by atoms with Crippen LogP contribution < -0.4 is 4.90 Å². The first kappa shape index (κ1) is 17.5. The molecule has 134 valence electrons. The number of nitrogens with zero attached hydrogens (tertiary/aromatic N) is 3. The summed E-state index contributed by atoms with van der Waals surface area (Å²) in [6.45, 7) is 5.98. The molecule has 0 N–H and O–H groups in total. The van der Waals surface area contributed by atoms with Crippen LogP contribution in [-0.2, 0) is 9.59 Å². The van der Waals surface area contributed by atoms with Crippen LogP contribution in [0.15, 0.2) is 45.2 Å². The van der Waals surface area contributed by atoms with Gasteiger partial charge >= 0.3 is 0 Å². The normalized spacial score (nSPS) is 22.7. The van der Waals surface area contributed by atoms with Gasteiger partial charge in [0.1, 0.15) is 0 Å². The molecule has 0 bridgehead atoms. The van der Waals surface area contributed by atoms with E-state index < -0.39 is 0 Å². The molecule has 5 nitrogen and oxygen atoms in total. The molecule has 0 aliphatic carbocycles. The largest absolute Gasteiger partial charge is 0.351 e. The summed E-state index contributed by atoms with van der Waals surface area (Å²) in [7, 11) is 0. The third-order valence-corrected chi connectivity index (χ3v) is 6.34. The number of hydrogen-bond donors (Lipinski definition) is 0. The second-order valence-electron chi connectivity index (χ2n) is 6.42. The number of anilines is 1. The summed E-state index contributed by atoms with van der Waals surface area (Å²) in [5, 5.41) is 0.726. The SMILES string of the molecule is C=CCN1C(=O)C(=C2SC(N3CCCCC3)=NC2=O)c2cc(Br)ccc21. The fraction of sp³-hybridized carbons (Fsp3) is 0.316. The summed E-state index contributed by atoms with van der Waals surface area (Å²) in [6, 6.07) is 5.69. The third-order valence-electron chi connectivity index (χ3n) is 4.73. The van der Waals surface area contributed by atoms with Gasteiger partial charge in [0.25, 0.3) is 11.8 Å². The molecule has 26 heavy (non-hydrogen) atoms. The van der Waals surface area contributed by atoms with Gasteiger partial charge in [-0.25, -0.2) is 0 Å². The van der Waals surface area contributed by atoms with Crippen molar-refractivity contribution >= 4 is 55.9 Å². The minimum atomic E-state index is -0.315. The van der Waals surface area contributed by atoms with Crippen LogP contribution in [0.25, 0.3) is 5.57 Å². The molecular weight excluding hydrogens is 414 g/mol. The Bertz CT molecular complexity index is 872. The quantitative estimate of drug-likeness (QED) is 0.527. The Morgan fingerprint density at radius 1 is 1.23 bits per heavy atom. The summed E-state index contributed by atoms with van der Waals surface area (Å²) in [6.07, 6.45) is 5.13. The zero-order valence-electron chi connectivity index (χ0n) is 14.2. The second-order valence-corrected chi connectivity index (χ2v) is 8.31. The maximum atomic E-state index is 13.1. The van der Waals surface area contributed by atoms with Crippen LogP contribution in [0, 0.1) is 0 Å². The second kappa shape index (κ2) is 7.04. The van der Waals surface area contributed by atoms with Gasteiger partial charge in [0.15, 0.2) is 5.17 Å². The van der Waals surface area contributed by atoms with E-state index in [4.69, 9.17) is 0 Å². The lowest BCUT2D eigenvalue weighted by molar-refractivity contribution is -0.115. The van der Waals surface area contributed by atoms with Crippen LogP contribution in [0.3, 0.4) is 0 Å². The number of halogens is 1. The van der Waals surface area contributed by atoms with Gasteiger partial charge in [-0.2, -0.15) is 4.99 Å². The highest BCUT2D eigenvalue weighted by Gasteiger charge is 2.39. The zero-order chi connectivity index (χ0) is 18.3. The molecule has 3 heterocycles. The first-order valence-corrected chi connectivity index (χ1v) is 10.2. The van der Waals surface area contributed by atoms with E-state index in [0.717, 1.165) is 46.8 Å². The highest BCUT2D eigenvalue weighted by molar-refractivity contribution is 9.10. The highest BCUT2D eigenvalue weighted by Crippen LogP contribution is 2.44. The number of thioether (sulfide) groups is 1. The first-order valence-electron chi connectivity index (χ1n) is 8.63. The molecule has 4 rings (SSSR count). The van der Waals surface area contributed by atoms with Crippen LogP contribution in [0.2, 0.25) is 0 Å². The molecule has 3 aliphatic rings. The molecule has 0 atom stereocenters. The number of carbonyl (C=O) groups is 2. The minimum Gasteiger partial charge on any atom is -0.351 e. The van der Waals surface area contributed by atoms with Gasteiger partial charge < -0.3 is 9.80 Å². The lowest BCUT2D eigenvalue weighted by Gasteiger charge is -2.27. The summed E-state index contributed by atoms with van der Waals surface area (Å²) in [5.41, 5.74) is 2.03. The third kappa shape index (κ3) is 2.93. The van der Waals surface area contributed by atoms with Crippen molar-refractivity contribution in [2.45, 2.75) is 19.3 Å². The van der Waals surface area contributed by atoms with Gasteiger partial charge in [0.05, 0.1) is 16.2 Å². The van der Waals surface area contributed by atoms with Gasteiger partial charge in [-0.1, -0.05) is 22.0 Å². The van der Waals surface area contributed by atoms with E-state index in [9.17, 15) is 9.59 Å². The average Bonchev–Trinajstić information content (AvgIpc) is 3.14. The molecule has 1 aromatic rings. The number of amides is 2. The topological polar surface area (TPSA) is 53.0 Å². The average molecular weight is 432 g/mol. The number of fused-ring (bicyclic) bond motifs is 1. The maximum Gasteiger partial charge on any atom is 0.287 e. The molecule has 0 unspecified atom stereocenters. The highest BCUT2D eigenvalue weighted by atomic mass is 79.9. The van der Waals surface area contributed by atoms with E-state index in [-0.39, 0.29) is 11.8 Å². The van der Waals surface area contributed by atoms with E-state index in [0.29, 0.717) is 17.0 Å². The number of likely N-dealkylation sites (tertiary alicyclic amines) is 1. The predicted octanol–water partition coefficient (Wildman–Crippen LogP) is 3.81. The molecule has 3 aliphatic heterocycles. The van der Waals surface area contributed by atoms with Crippen LogP contribution in [0.1, 0.15) is 24.8 Å². The Hall–Kier alpha value is -1.86. The van der Waals surface area contributed by atoms with Crippen molar-refractivity contribution in [3.8, 4) is 0 Å². The van der Waals surface area contributed by atoms with Crippen LogP contribution >= 0.6 is 27.7 Å². The number of amidine groups is 1. The van der Waals surface area contributed by atoms with Crippen molar-refractivity contribution in [1.29, 1.82) is 0 Å². The molecule has 2 amide bonds. The number of aliphatic imine (C=N–C) groups is 1. The standard InChI is InChI=1S/C19H18BrN3O2S/c1-2-8-23-14-7-6-12(20)11-13(14)15(18(23)25)16-17(24)21-19(26-16)22-9-4-3-5-10-22/h2,6-7,11H,1,3-5,8-10H2. The summed E-state index contributed by atoms with van der Waals surface area (Å²) in [5.74, 6) is -0.478. The number of benzene rings is 1. The smallest absolute Gasteiger partial charge is 0.287 e. The fourth-order valence-corrected chi connectivity index (χ4v) is 4.92. The maximum absolute atomic E-state index is 13.1. The van der Waals surface area contributed by atoms with E-state index in [1.165, 1.54) is 18.2 Å². The molecule has 1 fully saturated rings. The van der Waals surface area contributed by atoms with Crippen LogP contribution in [-0.4, -0.2) is 41.5 Å². The Morgan fingerprint density at radius 2 is 2.00 bits per heavy atom. The lowest BCUT2D eigenvalue weighted by Crippen LogP contribution is -2.33. The van der Waals surface area contributed by atoms with Crippen molar-refractivity contribution < 1.29 is 9.59 Å². The fourth-order valence-electron chi connectivity index (χ4n) is 3.51. The number of piperidine rings is 1. The van der Waals surface area contributed by atoms with Crippen molar-refractivity contribution in [3.05, 3.63) is 45.8 Å². The van der Waals surface area contributed by atoms with Crippen LogP contribution in [0.4, 0.5) is 5.69 Å². The zero-order valence-corrected chi connectivity index (χ0v) is 16.6. The monoisotopic (exact) mass is 431 g/mol. The summed E-state index contributed by atoms with van der Waals surface area (Å²) < 4.78 is 0.871. The molecule has 1 aromatic carbocycles. The molecule has 0 spiro atoms. The van der Waals surface area contributed by atoms with Crippen molar-refractivity contribution in [3.63, 3.8) is 0 Å². The predicted molar refractivity (Wildman–Crippen MR) is 109 cm³/mol. The molecule has 0 saturated carbocycles. The molecule has 7 heteroatoms. The molecular formula is C19H18BrN3O2S. The summed E-state index contributed by atoms with van der Waals surface area (Å²) in [4.78, 5) is 34.2. The van der Waals surface area contributed by atoms with E-state index in [2.05, 4.69) is 32.4 Å². The molecule has 1 saturated heterocycles. The number of hydrogen-bond acceptors (Lipinski definition) is 4. The van der Waals surface area contributed by atoms with Gasteiger partial charge in [0.2, 0.25) is 0 Å². The Labute approximate surface area is 165 Å². The molecule has 0 aromatic heterocycles. The Kier molecular flexibility index (Phi) is 4.75.